The zero-order valence-corrected chi connectivity index (χ0v) is 6.95. The third-order valence-electron chi connectivity index (χ3n) is 1.97. The summed E-state index contributed by atoms with van der Waals surface area (Å²) in [6.45, 7) is 0. The molecule has 4 nitrogen and oxygen atoms in total. The molecule has 1 aliphatic heterocycles. The lowest BCUT2D eigenvalue weighted by Crippen LogP contribution is -2.16. The van der Waals surface area contributed by atoms with Gasteiger partial charge in [-0.2, -0.15) is 0 Å². The van der Waals surface area contributed by atoms with Crippen LogP contribution in [-0.4, -0.2) is 5.11 Å². The molecule has 0 aromatic rings. The molecule has 0 spiro atoms. The van der Waals surface area contributed by atoms with E-state index < -0.39 is 0 Å². The van der Waals surface area contributed by atoms with Gasteiger partial charge in [0.25, 0.3) is 0 Å². The molecule has 5 N–H and O–H groups in total. The van der Waals surface area contributed by atoms with Crippen LogP contribution < -0.4 is 11.5 Å². The summed E-state index contributed by atoms with van der Waals surface area (Å²) in [5, 5.41) is 9.20. The molecule has 4 heteroatoms. The SMILES string of the molecule is NC1=CC(N)=C2CC=C(O)C=C2O1. The molecule has 0 saturated heterocycles. The fourth-order valence-corrected chi connectivity index (χ4v) is 1.34. The van der Waals surface area contributed by atoms with Gasteiger partial charge in [-0.1, -0.05) is 0 Å². The topological polar surface area (TPSA) is 81.5 Å². The number of fused-ring (bicyclic) bond motifs is 1. The summed E-state index contributed by atoms with van der Waals surface area (Å²) < 4.78 is 5.19. The van der Waals surface area contributed by atoms with Crippen molar-refractivity contribution in [1.29, 1.82) is 0 Å². The van der Waals surface area contributed by atoms with Crippen LogP contribution in [0.1, 0.15) is 6.42 Å². The lowest BCUT2D eigenvalue weighted by Gasteiger charge is -2.21. The van der Waals surface area contributed by atoms with E-state index in [1.807, 2.05) is 0 Å². The molecule has 2 aliphatic rings. The highest BCUT2D eigenvalue weighted by molar-refractivity contribution is 5.46. The number of hydrogen-bond donors (Lipinski definition) is 3. The Bertz CT molecular complexity index is 375. The van der Waals surface area contributed by atoms with Gasteiger partial charge in [-0.05, 0) is 12.5 Å². The lowest BCUT2D eigenvalue weighted by molar-refractivity contribution is 0.295. The van der Waals surface area contributed by atoms with Gasteiger partial charge in [0, 0.05) is 23.4 Å². The smallest absolute Gasteiger partial charge is 0.192 e. The Labute approximate surface area is 75.5 Å². The van der Waals surface area contributed by atoms with Crippen LogP contribution in [0, 0.1) is 0 Å². The van der Waals surface area contributed by atoms with E-state index in [0.717, 1.165) is 5.57 Å². The molecule has 0 saturated carbocycles. The molecule has 0 aromatic heterocycles. The Morgan fingerprint density at radius 3 is 2.85 bits per heavy atom. The number of nitrogens with two attached hydrogens (primary N) is 2. The highest BCUT2D eigenvalue weighted by Crippen LogP contribution is 2.29. The minimum Gasteiger partial charge on any atom is -0.508 e. The number of rotatable bonds is 0. The zero-order chi connectivity index (χ0) is 9.42. The molecule has 2 rings (SSSR count). The van der Waals surface area contributed by atoms with Crippen molar-refractivity contribution in [3.8, 4) is 0 Å². The van der Waals surface area contributed by atoms with Crippen LogP contribution in [0.3, 0.4) is 0 Å². The van der Waals surface area contributed by atoms with E-state index in [0.29, 0.717) is 17.9 Å². The predicted octanol–water partition coefficient (Wildman–Crippen LogP) is 0.759. The van der Waals surface area contributed by atoms with Gasteiger partial charge in [0.2, 0.25) is 0 Å². The third-order valence-corrected chi connectivity index (χ3v) is 1.97. The summed E-state index contributed by atoms with van der Waals surface area (Å²) in [7, 11) is 0. The number of aliphatic hydroxyl groups is 1. The van der Waals surface area contributed by atoms with E-state index in [1.54, 1.807) is 12.2 Å². The van der Waals surface area contributed by atoms with Gasteiger partial charge >= 0.3 is 0 Å². The molecule has 0 unspecified atom stereocenters. The second-order valence-corrected chi connectivity index (χ2v) is 2.92. The Balaban J connectivity index is 2.45. The van der Waals surface area contributed by atoms with Crippen LogP contribution in [0.4, 0.5) is 0 Å². The fraction of sp³-hybridized carbons (Fsp3) is 0.111. The minimum absolute atomic E-state index is 0.182. The summed E-state index contributed by atoms with van der Waals surface area (Å²) in [5.74, 6) is 0.973. The maximum atomic E-state index is 9.20. The standard InChI is InChI=1S/C9H10N2O2/c10-7-4-9(11)13-8-3-5(12)1-2-6(7)8/h1,3-4,12H,2,10-11H2. The van der Waals surface area contributed by atoms with Crippen molar-refractivity contribution in [2.75, 3.05) is 0 Å². The second-order valence-electron chi connectivity index (χ2n) is 2.92. The Morgan fingerprint density at radius 1 is 1.31 bits per heavy atom. The van der Waals surface area contributed by atoms with Crippen LogP contribution in [0.5, 0.6) is 0 Å². The van der Waals surface area contributed by atoms with Crippen molar-refractivity contribution in [3.63, 3.8) is 0 Å². The van der Waals surface area contributed by atoms with Crippen LogP contribution in [0.15, 0.2) is 46.9 Å². The van der Waals surface area contributed by atoms with Gasteiger partial charge in [-0.25, -0.2) is 0 Å². The molecule has 0 atom stereocenters. The van der Waals surface area contributed by atoms with Crippen LogP contribution in [0.2, 0.25) is 0 Å². The minimum atomic E-state index is 0.182. The van der Waals surface area contributed by atoms with E-state index in [-0.39, 0.29) is 11.6 Å². The molecule has 0 fully saturated rings. The first-order chi connectivity index (χ1) is 6.16. The van der Waals surface area contributed by atoms with Crippen molar-refractivity contribution < 1.29 is 9.84 Å². The van der Waals surface area contributed by atoms with Crippen molar-refractivity contribution in [2.24, 2.45) is 11.5 Å². The van der Waals surface area contributed by atoms with E-state index in [2.05, 4.69) is 0 Å². The summed E-state index contributed by atoms with van der Waals surface area (Å²) in [6.07, 6.45) is 5.33. The van der Waals surface area contributed by atoms with Crippen molar-refractivity contribution in [3.05, 3.63) is 46.9 Å². The Kier molecular flexibility index (Phi) is 1.55. The fourth-order valence-electron chi connectivity index (χ4n) is 1.34. The van der Waals surface area contributed by atoms with Gasteiger partial charge < -0.3 is 21.3 Å². The van der Waals surface area contributed by atoms with Crippen LogP contribution in [0.25, 0.3) is 0 Å². The molecular weight excluding hydrogens is 168 g/mol. The molecule has 1 aliphatic carbocycles. The van der Waals surface area contributed by atoms with Gasteiger partial charge in [-0.3, -0.25) is 0 Å². The van der Waals surface area contributed by atoms with E-state index in [1.165, 1.54) is 6.08 Å². The zero-order valence-electron chi connectivity index (χ0n) is 6.95. The lowest BCUT2D eigenvalue weighted by atomic mass is 10.0. The maximum absolute atomic E-state index is 9.20. The Morgan fingerprint density at radius 2 is 2.08 bits per heavy atom. The average molecular weight is 178 g/mol. The predicted molar refractivity (Wildman–Crippen MR) is 48.0 cm³/mol. The average Bonchev–Trinajstić information content (AvgIpc) is 2.02. The first-order valence-electron chi connectivity index (χ1n) is 3.91. The number of allylic oxidation sites excluding steroid dienone is 4. The van der Waals surface area contributed by atoms with Gasteiger partial charge in [-0.15, -0.1) is 0 Å². The van der Waals surface area contributed by atoms with Crippen molar-refractivity contribution >= 4 is 0 Å². The molecule has 13 heavy (non-hydrogen) atoms. The van der Waals surface area contributed by atoms with Gasteiger partial charge in [0.15, 0.2) is 5.88 Å². The molecule has 0 amide bonds. The summed E-state index contributed by atoms with van der Waals surface area (Å²) in [4.78, 5) is 0. The molecule has 0 bridgehead atoms. The summed E-state index contributed by atoms with van der Waals surface area (Å²) in [5.41, 5.74) is 12.6. The first kappa shape index (κ1) is 7.79. The van der Waals surface area contributed by atoms with Crippen LogP contribution in [-0.2, 0) is 4.74 Å². The largest absolute Gasteiger partial charge is 0.508 e. The van der Waals surface area contributed by atoms with E-state index in [9.17, 15) is 5.11 Å². The molecular formula is C9H10N2O2. The quantitative estimate of drug-likeness (QED) is 0.511. The number of aliphatic hydroxyl groups excluding tert-OH is 1. The highest BCUT2D eigenvalue weighted by Gasteiger charge is 2.19. The number of hydrogen-bond acceptors (Lipinski definition) is 4. The van der Waals surface area contributed by atoms with E-state index >= 15 is 0 Å². The van der Waals surface area contributed by atoms with Gasteiger partial charge in [0.1, 0.15) is 11.5 Å². The normalized spacial score (nSPS) is 21.1. The molecule has 68 valence electrons. The summed E-state index contributed by atoms with van der Waals surface area (Å²) >= 11 is 0. The highest BCUT2D eigenvalue weighted by atomic mass is 16.5. The maximum Gasteiger partial charge on any atom is 0.192 e. The third kappa shape index (κ3) is 1.26. The van der Waals surface area contributed by atoms with Crippen molar-refractivity contribution in [2.45, 2.75) is 6.42 Å². The Hall–Kier alpha value is -1.84. The van der Waals surface area contributed by atoms with Crippen molar-refractivity contribution in [1.82, 2.24) is 0 Å². The first-order valence-corrected chi connectivity index (χ1v) is 3.91. The van der Waals surface area contributed by atoms with E-state index in [4.69, 9.17) is 16.2 Å². The molecule has 0 aromatic carbocycles. The van der Waals surface area contributed by atoms with Crippen LogP contribution >= 0.6 is 0 Å². The van der Waals surface area contributed by atoms with Gasteiger partial charge in [0.05, 0.1) is 0 Å². The molecule has 1 heterocycles. The monoisotopic (exact) mass is 178 g/mol. The number of ether oxygens (including phenoxy) is 1. The molecule has 0 radical (unpaired) electrons. The summed E-state index contributed by atoms with van der Waals surface area (Å²) in [6, 6.07) is 0. The second kappa shape index (κ2) is 2.58.